The van der Waals surface area contributed by atoms with Crippen molar-refractivity contribution < 1.29 is 22.7 Å². The van der Waals surface area contributed by atoms with Crippen LogP contribution in [0.5, 0.6) is 0 Å². The Morgan fingerprint density at radius 3 is 2.24 bits per heavy atom. The first-order chi connectivity index (χ1) is 14.0. The lowest BCUT2D eigenvalue weighted by Crippen LogP contribution is -2.55. The highest BCUT2D eigenvalue weighted by molar-refractivity contribution is 7.89. The van der Waals surface area contributed by atoms with Crippen LogP contribution in [-0.2, 0) is 26.1 Å². The number of ether oxygens (including phenoxy) is 2. The van der Waals surface area contributed by atoms with Crippen molar-refractivity contribution >= 4 is 16.1 Å². The van der Waals surface area contributed by atoms with Crippen molar-refractivity contribution in [3.8, 4) is 0 Å². The second kappa shape index (κ2) is 8.14. The Bertz CT molecular complexity index is 942. The van der Waals surface area contributed by atoms with Crippen molar-refractivity contribution in [3.63, 3.8) is 0 Å². The zero-order valence-electron chi connectivity index (χ0n) is 16.1. The number of amides is 1. The van der Waals surface area contributed by atoms with E-state index < -0.39 is 15.7 Å². The SMILES string of the molecule is O=C(OCc1ccccc1)N1CCC2(CC1)OCCN2S(=O)(=O)c1ccccc1. The molecule has 0 N–H and O–H groups in total. The molecule has 0 saturated carbocycles. The fourth-order valence-corrected chi connectivity index (χ4v) is 5.64. The number of carbonyl (C=O) groups is 1. The monoisotopic (exact) mass is 416 g/mol. The van der Waals surface area contributed by atoms with Gasteiger partial charge in [0.25, 0.3) is 0 Å². The molecule has 154 valence electrons. The average Bonchev–Trinajstić information content (AvgIpc) is 3.18. The molecule has 2 heterocycles. The summed E-state index contributed by atoms with van der Waals surface area (Å²) in [5.41, 5.74) is 0.0267. The van der Waals surface area contributed by atoms with Gasteiger partial charge >= 0.3 is 6.09 Å². The fourth-order valence-electron chi connectivity index (χ4n) is 3.90. The third kappa shape index (κ3) is 4.01. The summed E-state index contributed by atoms with van der Waals surface area (Å²) >= 11 is 0. The minimum absolute atomic E-state index is 0.215. The van der Waals surface area contributed by atoms with Crippen LogP contribution in [0.2, 0.25) is 0 Å². The van der Waals surface area contributed by atoms with Crippen molar-refractivity contribution in [1.82, 2.24) is 9.21 Å². The summed E-state index contributed by atoms with van der Waals surface area (Å²) < 4.78 is 39.0. The van der Waals surface area contributed by atoms with Gasteiger partial charge < -0.3 is 14.4 Å². The summed E-state index contributed by atoms with van der Waals surface area (Å²) in [5, 5.41) is 0. The summed E-state index contributed by atoms with van der Waals surface area (Å²) in [5.74, 6) is 0. The van der Waals surface area contributed by atoms with E-state index in [-0.39, 0.29) is 17.6 Å². The number of carbonyl (C=O) groups excluding carboxylic acids is 1. The standard InChI is InChI=1S/C21H24N2O5S/c24-20(27-17-18-7-3-1-4-8-18)22-13-11-21(12-14-22)23(15-16-28-21)29(25,26)19-9-5-2-6-10-19/h1-10H,11-17H2. The molecule has 2 aromatic rings. The second-order valence-corrected chi connectivity index (χ2v) is 9.07. The van der Waals surface area contributed by atoms with Crippen LogP contribution in [0.3, 0.4) is 0 Å². The molecule has 0 atom stereocenters. The lowest BCUT2D eigenvalue weighted by molar-refractivity contribution is -0.0880. The quantitative estimate of drug-likeness (QED) is 0.766. The van der Waals surface area contributed by atoms with Gasteiger partial charge in [0.15, 0.2) is 0 Å². The van der Waals surface area contributed by atoms with Crippen molar-refractivity contribution in [2.75, 3.05) is 26.2 Å². The molecule has 7 nitrogen and oxygen atoms in total. The van der Waals surface area contributed by atoms with Crippen LogP contribution in [-0.4, -0.2) is 55.7 Å². The van der Waals surface area contributed by atoms with E-state index in [9.17, 15) is 13.2 Å². The number of hydrogen-bond acceptors (Lipinski definition) is 5. The Morgan fingerprint density at radius 2 is 1.59 bits per heavy atom. The molecule has 29 heavy (non-hydrogen) atoms. The molecular weight excluding hydrogens is 392 g/mol. The minimum atomic E-state index is -3.66. The molecule has 2 aliphatic heterocycles. The molecule has 8 heteroatoms. The first kappa shape index (κ1) is 19.9. The van der Waals surface area contributed by atoms with Gasteiger partial charge in [-0.3, -0.25) is 0 Å². The van der Waals surface area contributed by atoms with Crippen LogP contribution in [0.1, 0.15) is 18.4 Å². The third-order valence-electron chi connectivity index (χ3n) is 5.46. The summed E-state index contributed by atoms with van der Waals surface area (Å²) in [6, 6.07) is 17.9. The van der Waals surface area contributed by atoms with E-state index >= 15 is 0 Å². The number of rotatable bonds is 4. The van der Waals surface area contributed by atoms with Gasteiger partial charge in [0.2, 0.25) is 10.0 Å². The van der Waals surface area contributed by atoms with E-state index in [0.29, 0.717) is 39.1 Å². The van der Waals surface area contributed by atoms with Crippen LogP contribution in [0.4, 0.5) is 4.79 Å². The van der Waals surface area contributed by atoms with Crippen LogP contribution in [0.15, 0.2) is 65.6 Å². The number of piperidine rings is 1. The summed E-state index contributed by atoms with van der Waals surface area (Å²) in [7, 11) is -3.66. The first-order valence-electron chi connectivity index (χ1n) is 9.69. The molecule has 0 aromatic heterocycles. The van der Waals surface area contributed by atoms with Gasteiger partial charge in [0.1, 0.15) is 12.3 Å². The van der Waals surface area contributed by atoms with Gasteiger partial charge in [0.05, 0.1) is 11.5 Å². The first-order valence-corrected chi connectivity index (χ1v) is 11.1. The second-order valence-electron chi connectivity index (χ2n) is 7.21. The Balaban J connectivity index is 1.40. The molecule has 2 aromatic carbocycles. The summed E-state index contributed by atoms with van der Waals surface area (Å²) in [6.45, 7) is 1.65. The predicted molar refractivity (Wildman–Crippen MR) is 106 cm³/mol. The van der Waals surface area contributed by atoms with Crippen LogP contribution >= 0.6 is 0 Å². The van der Waals surface area contributed by atoms with Gasteiger partial charge in [-0.15, -0.1) is 0 Å². The Kier molecular flexibility index (Phi) is 5.58. The molecule has 0 unspecified atom stereocenters. The zero-order valence-corrected chi connectivity index (χ0v) is 16.9. The van der Waals surface area contributed by atoms with Crippen LogP contribution < -0.4 is 0 Å². The molecular formula is C21H24N2O5S. The van der Waals surface area contributed by atoms with E-state index in [1.54, 1.807) is 35.2 Å². The number of hydrogen-bond donors (Lipinski definition) is 0. The molecule has 2 saturated heterocycles. The molecule has 0 aliphatic carbocycles. The third-order valence-corrected chi connectivity index (χ3v) is 7.42. The van der Waals surface area contributed by atoms with E-state index in [2.05, 4.69) is 0 Å². The van der Waals surface area contributed by atoms with Gasteiger partial charge in [-0.1, -0.05) is 48.5 Å². The number of benzene rings is 2. The average molecular weight is 416 g/mol. The Hall–Kier alpha value is -2.42. The number of nitrogens with zero attached hydrogens (tertiary/aromatic N) is 2. The maximum Gasteiger partial charge on any atom is 0.410 e. The molecule has 1 amide bonds. The molecule has 2 aliphatic rings. The fraction of sp³-hybridized carbons (Fsp3) is 0.381. The van der Waals surface area contributed by atoms with Crippen LogP contribution in [0, 0.1) is 0 Å². The maximum absolute atomic E-state index is 13.1. The highest BCUT2D eigenvalue weighted by Crippen LogP contribution is 2.38. The van der Waals surface area contributed by atoms with Crippen molar-refractivity contribution in [1.29, 1.82) is 0 Å². The van der Waals surface area contributed by atoms with Gasteiger partial charge in [-0.05, 0) is 17.7 Å². The predicted octanol–water partition coefficient (Wildman–Crippen LogP) is 2.84. The van der Waals surface area contributed by atoms with E-state index in [1.807, 2.05) is 30.3 Å². The van der Waals surface area contributed by atoms with Crippen molar-refractivity contribution in [2.24, 2.45) is 0 Å². The Morgan fingerprint density at radius 1 is 0.966 bits per heavy atom. The lowest BCUT2D eigenvalue weighted by atomic mass is 10.0. The topological polar surface area (TPSA) is 76.2 Å². The largest absolute Gasteiger partial charge is 0.445 e. The normalized spacial score (nSPS) is 19.4. The Labute approximate surface area is 170 Å². The molecule has 0 radical (unpaired) electrons. The molecule has 0 bridgehead atoms. The van der Waals surface area contributed by atoms with E-state index in [4.69, 9.17) is 9.47 Å². The molecule has 1 spiro atoms. The lowest BCUT2D eigenvalue weighted by Gasteiger charge is -2.42. The number of likely N-dealkylation sites (tertiary alicyclic amines) is 1. The van der Waals surface area contributed by atoms with Gasteiger partial charge in [-0.25, -0.2) is 13.2 Å². The molecule has 4 rings (SSSR count). The van der Waals surface area contributed by atoms with E-state index in [0.717, 1.165) is 5.56 Å². The highest BCUT2D eigenvalue weighted by Gasteiger charge is 2.51. The van der Waals surface area contributed by atoms with Crippen molar-refractivity contribution in [2.45, 2.75) is 30.1 Å². The molecule has 2 fully saturated rings. The van der Waals surface area contributed by atoms with Gasteiger partial charge in [0, 0.05) is 32.5 Å². The van der Waals surface area contributed by atoms with E-state index in [1.165, 1.54) is 4.31 Å². The smallest absolute Gasteiger partial charge is 0.410 e. The highest BCUT2D eigenvalue weighted by atomic mass is 32.2. The summed E-state index contributed by atoms with van der Waals surface area (Å²) in [4.78, 5) is 14.3. The zero-order chi connectivity index (χ0) is 20.3. The summed E-state index contributed by atoms with van der Waals surface area (Å²) in [6.07, 6.45) is 0.443. The number of sulfonamides is 1. The van der Waals surface area contributed by atoms with Gasteiger partial charge in [-0.2, -0.15) is 4.31 Å². The van der Waals surface area contributed by atoms with Crippen molar-refractivity contribution in [3.05, 3.63) is 66.2 Å². The van der Waals surface area contributed by atoms with Crippen LogP contribution in [0.25, 0.3) is 0 Å². The maximum atomic E-state index is 13.1. The minimum Gasteiger partial charge on any atom is -0.445 e.